The Bertz CT molecular complexity index is 803. The van der Waals surface area contributed by atoms with Crippen LogP contribution in [0.5, 0.6) is 0 Å². The molecule has 0 aliphatic carbocycles. The first-order valence-electron chi connectivity index (χ1n) is 8.55. The molecule has 1 atom stereocenters. The van der Waals surface area contributed by atoms with E-state index in [1.807, 2.05) is 49.4 Å². The molecular formula is C20H21N3O3. The van der Waals surface area contributed by atoms with Crippen molar-refractivity contribution in [2.75, 3.05) is 11.9 Å². The van der Waals surface area contributed by atoms with Crippen LogP contribution in [0.2, 0.25) is 0 Å². The summed E-state index contributed by atoms with van der Waals surface area (Å²) >= 11 is 0. The van der Waals surface area contributed by atoms with Crippen molar-refractivity contribution < 1.29 is 14.4 Å². The number of urea groups is 1. The monoisotopic (exact) mass is 351 g/mol. The molecule has 3 rings (SSSR count). The lowest BCUT2D eigenvalue weighted by molar-refractivity contribution is -0.130. The van der Waals surface area contributed by atoms with E-state index in [-0.39, 0.29) is 12.5 Å². The average Bonchev–Trinajstić information content (AvgIpc) is 2.90. The quantitative estimate of drug-likeness (QED) is 0.785. The van der Waals surface area contributed by atoms with E-state index in [4.69, 9.17) is 0 Å². The van der Waals surface area contributed by atoms with Crippen LogP contribution in [-0.2, 0) is 16.0 Å². The summed E-state index contributed by atoms with van der Waals surface area (Å²) in [5.74, 6) is -0.758. The van der Waals surface area contributed by atoms with E-state index in [9.17, 15) is 14.4 Å². The van der Waals surface area contributed by atoms with Crippen LogP contribution in [0.15, 0.2) is 54.6 Å². The Kier molecular flexibility index (Phi) is 5.31. The van der Waals surface area contributed by atoms with Crippen LogP contribution in [0.1, 0.15) is 17.5 Å². The van der Waals surface area contributed by atoms with E-state index in [0.29, 0.717) is 18.5 Å². The van der Waals surface area contributed by atoms with Gasteiger partial charge in [0.25, 0.3) is 5.91 Å². The highest BCUT2D eigenvalue weighted by Crippen LogP contribution is 2.14. The predicted octanol–water partition coefficient (Wildman–Crippen LogP) is 2.49. The third kappa shape index (κ3) is 4.27. The summed E-state index contributed by atoms with van der Waals surface area (Å²) < 4.78 is 0. The van der Waals surface area contributed by atoms with Crippen LogP contribution in [0.4, 0.5) is 10.5 Å². The second-order valence-corrected chi connectivity index (χ2v) is 6.36. The van der Waals surface area contributed by atoms with Gasteiger partial charge in [0, 0.05) is 5.69 Å². The van der Waals surface area contributed by atoms with Crippen molar-refractivity contribution in [3.8, 4) is 0 Å². The molecule has 1 fully saturated rings. The molecule has 1 saturated heterocycles. The number of hydrogen-bond donors (Lipinski definition) is 2. The van der Waals surface area contributed by atoms with Gasteiger partial charge in [-0.05, 0) is 37.5 Å². The molecule has 1 heterocycles. The SMILES string of the molecule is Cc1ccc(NC(=O)CN2C(=O)N[C@@H](CCc3ccccc3)C2=O)cc1. The topological polar surface area (TPSA) is 78.5 Å². The summed E-state index contributed by atoms with van der Waals surface area (Å²) in [4.78, 5) is 37.6. The Morgan fingerprint density at radius 2 is 1.77 bits per heavy atom. The van der Waals surface area contributed by atoms with E-state index < -0.39 is 18.0 Å². The average molecular weight is 351 g/mol. The minimum atomic E-state index is -0.588. The number of nitrogens with one attached hydrogen (secondary N) is 2. The maximum absolute atomic E-state index is 12.4. The number of carbonyl (C=O) groups is 3. The fourth-order valence-corrected chi connectivity index (χ4v) is 2.86. The zero-order valence-corrected chi connectivity index (χ0v) is 14.6. The Hall–Kier alpha value is -3.15. The van der Waals surface area contributed by atoms with Gasteiger partial charge in [-0.3, -0.25) is 14.5 Å². The normalized spacial score (nSPS) is 16.5. The molecule has 26 heavy (non-hydrogen) atoms. The second-order valence-electron chi connectivity index (χ2n) is 6.36. The predicted molar refractivity (Wildman–Crippen MR) is 98.6 cm³/mol. The third-order valence-electron chi connectivity index (χ3n) is 4.31. The van der Waals surface area contributed by atoms with Crippen LogP contribution in [-0.4, -0.2) is 35.3 Å². The van der Waals surface area contributed by atoms with E-state index in [1.165, 1.54) is 0 Å². The Labute approximate surface area is 152 Å². The summed E-state index contributed by atoms with van der Waals surface area (Å²) in [6.07, 6.45) is 1.19. The maximum atomic E-state index is 12.4. The van der Waals surface area contributed by atoms with Gasteiger partial charge in [-0.2, -0.15) is 0 Å². The summed E-state index contributed by atoms with van der Waals surface area (Å²) in [5, 5.41) is 5.36. The van der Waals surface area contributed by atoms with Crippen LogP contribution < -0.4 is 10.6 Å². The van der Waals surface area contributed by atoms with E-state index in [0.717, 1.165) is 16.0 Å². The number of amides is 4. The van der Waals surface area contributed by atoms with E-state index >= 15 is 0 Å². The summed E-state index contributed by atoms with van der Waals surface area (Å²) in [5.41, 5.74) is 2.82. The van der Waals surface area contributed by atoms with Gasteiger partial charge in [0.1, 0.15) is 12.6 Å². The Morgan fingerprint density at radius 3 is 2.46 bits per heavy atom. The molecule has 1 aliphatic heterocycles. The fraction of sp³-hybridized carbons (Fsp3) is 0.250. The van der Waals surface area contributed by atoms with Crippen LogP contribution in [0.25, 0.3) is 0 Å². The molecule has 2 aromatic carbocycles. The molecule has 6 nitrogen and oxygen atoms in total. The minimum absolute atomic E-state index is 0.291. The van der Waals surface area contributed by atoms with Gasteiger partial charge in [-0.1, -0.05) is 48.0 Å². The lowest BCUT2D eigenvalue weighted by atomic mass is 10.1. The Balaban J connectivity index is 1.54. The number of anilines is 1. The van der Waals surface area contributed by atoms with Crippen molar-refractivity contribution in [1.29, 1.82) is 0 Å². The smallest absolute Gasteiger partial charge is 0.325 e. The van der Waals surface area contributed by atoms with Crippen LogP contribution in [0, 0.1) is 6.92 Å². The molecule has 134 valence electrons. The van der Waals surface area contributed by atoms with Gasteiger partial charge in [0.2, 0.25) is 5.91 Å². The molecule has 0 aromatic heterocycles. The van der Waals surface area contributed by atoms with Crippen molar-refractivity contribution in [1.82, 2.24) is 10.2 Å². The number of benzene rings is 2. The van der Waals surface area contributed by atoms with Gasteiger partial charge in [-0.25, -0.2) is 4.79 Å². The largest absolute Gasteiger partial charge is 0.326 e. The number of rotatable bonds is 6. The van der Waals surface area contributed by atoms with Gasteiger partial charge < -0.3 is 10.6 Å². The summed E-state index contributed by atoms with van der Waals surface area (Å²) in [6.45, 7) is 1.66. The molecule has 0 radical (unpaired) electrons. The Morgan fingerprint density at radius 1 is 1.08 bits per heavy atom. The van der Waals surface area contributed by atoms with Crippen molar-refractivity contribution >= 4 is 23.5 Å². The number of imide groups is 1. The zero-order chi connectivity index (χ0) is 18.5. The van der Waals surface area contributed by atoms with Crippen LogP contribution in [0.3, 0.4) is 0 Å². The fourth-order valence-electron chi connectivity index (χ4n) is 2.86. The standard InChI is InChI=1S/C20H21N3O3/c1-14-7-10-16(11-8-14)21-18(24)13-23-19(25)17(22-20(23)26)12-9-15-5-3-2-4-6-15/h2-8,10-11,17H,9,12-13H2,1H3,(H,21,24)(H,22,26)/t17-/m0/s1. The molecular weight excluding hydrogens is 330 g/mol. The first-order chi connectivity index (χ1) is 12.5. The summed E-state index contributed by atoms with van der Waals surface area (Å²) in [7, 11) is 0. The van der Waals surface area contributed by atoms with Crippen molar-refractivity contribution in [3.63, 3.8) is 0 Å². The molecule has 2 N–H and O–H groups in total. The molecule has 0 unspecified atom stereocenters. The molecule has 4 amide bonds. The maximum Gasteiger partial charge on any atom is 0.325 e. The summed E-state index contributed by atoms with van der Waals surface area (Å²) in [6, 6.07) is 16.0. The van der Waals surface area contributed by atoms with Crippen LogP contribution >= 0.6 is 0 Å². The number of hydrogen-bond acceptors (Lipinski definition) is 3. The van der Waals surface area contributed by atoms with Gasteiger partial charge in [0.15, 0.2) is 0 Å². The lowest BCUT2D eigenvalue weighted by Gasteiger charge is -2.13. The second kappa shape index (κ2) is 7.82. The van der Waals surface area contributed by atoms with Gasteiger partial charge in [0.05, 0.1) is 0 Å². The minimum Gasteiger partial charge on any atom is -0.326 e. The molecule has 0 bridgehead atoms. The van der Waals surface area contributed by atoms with Gasteiger partial charge >= 0.3 is 6.03 Å². The molecule has 0 spiro atoms. The highest BCUT2D eigenvalue weighted by atomic mass is 16.2. The van der Waals surface area contributed by atoms with Crippen molar-refractivity contribution in [2.24, 2.45) is 0 Å². The van der Waals surface area contributed by atoms with Gasteiger partial charge in [-0.15, -0.1) is 0 Å². The molecule has 2 aromatic rings. The van der Waals surface area contributed by atoms with E-state index in [1.54, 1.807) is 12.1 Å². The number of aryl methyl sites for hydroxylation is 2. The highest BCUT2D eigenvalue weighted by Gasteiger charge is 2.38. The lowest BCUT2D eigenvalue weighted by Crippen LogP contribution is -2.38. The first-order valence-corrected chi connectivity index (χ1v) is 8.55. The van der Waals surface area contributed by atoms with Crippen molar-refractivity contribution in [2.45, 2.75) is 25.8 Å². The molecule has 0 saturated carbocycles. The zero-order valence-electron chi connectivity index (χ0n) is 14.6. The molecule has 1 aliphatic rings. The van der Waals surface area contributed by atoms with E-state index in [2.05, 4.69) is 10.6 Å². The molecule has 6 heteroatoms. The number of carbonyl (C=O) groups excluding carboxylic acids is 3. The van der Waals surface area contributed by atoms with Crippen molar-refractivity contribution in [3.05, 3.63) is 65.7 Å². The highest BCUT2D eigenvalue weighted by molar-refractivity contribution is 6.07. The number of nitrogens with zero attached hydrogens (tertiary/aromatic N) is 1. The first kappa shape index (κ1) is 17.7. The third-order valence-corrected chi connectivity index (χ3v) is 4.31.